The number of nitrogens with two attached hydrogens (primary N) is 1. The Kier molecular flexibility index (Phi) is 2.47. The van der Waals surface area contributed by atoms with E-state index in [0.717, 1.165) is 4.68 Å². The molecular formula is C10H10N4O2. The van der Waals surface area contributed by atoms with E-state index in [1.54, 1.807) is 24.3 Å². The van der Waals surface area contributed by atoms with Crippen LogP contribution in [0.2, 0.25) is 0 Å². The molecule has 0 radical (unpaired) electrons. The minimum atomic E-state index is -0.524. The highest BCUT2D eigenvalue weighted by molar-refractivity contribution is 5.50. The van der Waals surface area contributed by atoms with E-state index in [-0.39, 0.29) is 0 Å². The first kappa shape index (κ1) is 10.0. The Morgan fingerprint density at radius 3 is 2.44 bits per heavy atom. The highest BCUT2D eigenvalue weighted by Crippen LogP contribution is 2.09. The summed E-state index contributed by atoms with van der Waals surface area (Å²) < 4.78 is 0.880. The summed E-state index contributed by atoms with van der Waals surface area (Å²) in [7, 11) is 0. The summed E-state index contributed by atoms with van der Waals surface area (Å²) in [6.45, 7) is 0. The van der Waals surface area contributed by atoms with Crippen molar-refractivity contribution in [1.82, 2.24) is 9.66 Å². The van der Waals surface area contributed by atoms with Crippen LogP contribution >= 0.6 is 0 Å². The summed E-state index contributed by atoms with van der Waals surface area (Å²) in [4.78, 5) is 25.1. The Labute approximate surface area is 90.3 Å². The van der Waals surface area contributed by atoms with E-state index < -0.39 is 11.2 Å². The number of aromatic nitrogens is 2. The molecule has 0 unspecified atom stereocenters. The fourth-order valence-electron chi connectivity index (χ4n) is 1.22. The number of nitrogen functional groups attached to an aromatic ring is 1. The molecule has 1 heterocycles. The lowest BCUT2D eigenvalue weighted by Crippen LogP contribution is -2.38. The molecule has 0 saturated heterocycles. The van der Waals surface area contributed by atoms with Crippen LogP contribution in [0.1, 0.15) is 0 Å². The minimum absolute atomic E-state index is 0.430. The van der Waals surface area contributed by atoms with Crippen LogP contribution in [-0.4, -0.2) is 9.66 Å². The number of rotatable bonds is 2. The summed E-state index contributed by atoms with van der Waals surface area (Å²) in [6.07, 6.45) is 1.30. The number of hydrogen-bond acceptors (Lipinski definition) is 4. The SMILES string of the molecule is Nc1ccc(Nn2c(=O)cc[nH]c2=O)cc1. The van der Waals surface area contributed by atoms with Crippen molar-refractivity contribution in [1.29, 1.82) is 0 Å². The quantitative estimate of drug-likeness (QED) is 0.618. The van der Waals surface area contributed by atoms with Gasteiger partial charge in [0.15, 0.2) is 0 Å². The number of nitrogens with zero attached hydrogens (tertiary/aromatic N) is 1. The van der Waals surface area contributed by atoms with Gasteiger partial charge in [0.2, 0.25) is 0 Å². The summed E-state index contributed by atoms with van der Waals surface area (Å²) in [5.41, 5.74) is 8.45. The van der Waals surface area contributed by atoms with Gasteiger partial charge in [-0.15, -0.1) is 0 Å². The maximum atomic E-state index is 11.4. The fraction of sp³-hybridized carbons (Fsp3) is 0. The molecule has 0 amide bonds. The van der Waals surface area contributed by atoms with Crippen LogP contribution in [0.5, 0.6) is 0 Å². The molecule has 2 rings (SSSR count). The van der Waals surface area contributed by atoms with Crippen molar-refractivity contribution in [2.45, 2.75) is 0 Å². The van der Waals surface area contributed by atoms with Crippen molar-refractivity contribution in [3.05, 3.63) is 57.4 Å². The van der Waals surface area contributed by atoms with Gasteiger partial charge in [-0.25, -0.2) is 4.79 Å². The summed E-state index contributed by atoms with van der Waals surface area (Å²) in [6, 6.07) is 7.95. The smallest absolute Gasteiger partial charge is 0.347 e. The minimum Gasteiger partial charge on any atom is -0.399 e. The van der Waals surface area contributed by atoms with E-state index in [1.807, 2.05) is 0 Å². The predicted molar refractivity (Wildman–Crippen MR) is 61.2 cm³/mol. The van der Waals surface area contributed by atoms with Crippen LogP contribution < -0.4 is 22.4 Å². The molecule has 16 heavy (non-hydrogen) atoms. The van der Waals surface area contributed by atoms with E-state index >= 15 is 0 Å². The van der Waals surface area contributed by atoms with Crippen molar-refractivity contribution in [2.24, 2.45) is 0 Å². The molecule has 6 heteroatoms. The van der Waals surface area contributed by atoms with E-state index in [0.29, 0.717) is 11.4 Å². The molecule has 2 aromatic rings. The average molecular weight is 218 g/mol. The van der Waals surface area contributed by atoms with Gasteiger partial charge in [0, 0.05) is 18.0 Å². The first-order valence-corrected chi connectivity index (χ1v) is 4.60. The highest BCUT2D eigenvalue weighted by atomic mass is 16.2. The van der Waals surface area contributed by atoms with Crippen molar-refractivity contribution >= 4 is 11.4 Å². The highest BCUT2D eigenvalue weighted by Gasteiger charge is 1.99. The molecule has 0 bridgehead atoms. The largest absolute Gasteiger partial charge is 0.399 e. The molecule has 0 atom stereocenters. The molecule has 0 saturated carbocycles. The zero-order chi connectivity index (χ0) is 11.5. The van der Waals surface area contributed by atoms with Crippen molar-refractivity contribution < 1.29 is 0 Å². The molecule has 1 aromatic carbocycles. The molecule has 82 valence electrons. The van der Waals surface area contributed by atoms with E-state index in [4.69, 9.17) is 5.73 Å². The topological polar surface area (TPSA) is 92.9 Å². The Hall–Kier alpha value is -2.50. The van der Waals surface area contributed by atoms with Gasteiger partial charge in [-0.3, -0.25) is 10.2 Å². The average Bonchev–Trinajstić information content (AvgIpc) is 2.26. The maximum Gasteiger partial charge on any atom is 0.347 e. The van der Waals surface area contributed by atoms with Crippen LogP contribution in [0.3, 0.4) is 0 Å². The monoisotopic (exact) mass is 218 g/mol. The van der Waals surface area contributed by atoms with Crippen molar-refractivity contribution in [3.8, 4) is 0 Å². The van der Waals surface area contributed by atoms with E-state index in [1.165, 1.54) is 12.3 Å². The first-order chi connectivity index (χ1) is 7.66. The number of anilines is 2. The molecule has 0 fully saturated rings. The second-order valence-corrected chi connectivity index (χ2v) is 3.19. The number of benzene rings is 1. The van der Waals surface area contributed by atoms with Crippen LogP contribution in [0.25, 0.3) is 0 Å². The second kappa shape index (κ2) is 3.93. The van der Waals surface area contributed by atoms with Gasteiger partial charge in [0.25, 0.3) is 5.56 Å². The first-order valence-electron chi connectivity index (χ1n) is 4.60. The Morgan fingerprint density at radius 2 is 1.81 bits per heavy atom. The molecule has 0 aliphatic heterocycles. The second-order valence-electron chi connectivity index (χ2n) is 3.19. The van der Waals surface area contributed by atoms with E-state index in [2.05, 4.69) is 10.4 Å². The number of H-pyrrole nitrogens is 1. The standard InChI is InChI=1S/C10H10N4O2/c11-7-1-3-8(4-2-7)13-14-9(15)5-6-12-10(14)16/h1-6,13H,11H2,(H,12,16). The maximum absolute atomic E-state index is 11.4. The summed E-state index contributed by atoms with van der Waals surface area (Å²) in [5, 5.41) is 0. The zero-order valence-corrected chi connectivity index (χ0v) is 8.31. The van der Waals surface area contributed by atoms with Crippen molar-refractivity contribution in [3.63, 3.8) is 0 Å². The van der Waals surface area contributed by atoms with Crippen molar-refractivity contribution in [2.75, 3.05) is 11.2 Å². The fourth-order valence-corrected chi connectivity index (χ4v) is 1.22. The zero-order valence-electron chi connectivity index (χ0n) is 8.31. The lowest BCUT2D eigenvalue weighted by molar-refractivity contribution is 0.808. The molecule has 6 nitrogen and oxygen atoms in total. The molecule has 0 aliphatic carbocycles. The van der Waals surface area contributed by atoms with Crippen LogP contribution in [0.4, 0.5) is 11.4 Å². The normalized spacial score (nSPS) is 10.0. The number of aromatic amines is 1. The van der Waals surface area contributed by atoms with Crippen LogP contribution in [-0.2, 0) is 0 Å². The number of nitrogens with one attached hydrogen (secondary N) is 2. The van der Waals surface area contributed by atoms with Gasteiger partial charge in [-0.05, 0) is 24.3 Å². The summed E-state index contributed by atoms with van der Waals surface area (Å²) >= 11 is 0. The van der Waals surface area contributed by atoms with Crippen LogP contribution in [0, 0.1) is 0 Å². The van der Waals surface area contributed by atoms with E-state index in [9.17, 15) is 9.59 Å². The van der Waals surface area contributed by atoms with Crippen LogP contribution in [0.15, 0.2) is 46.1 Å². The molecule has 1 aromatic heterocycles. The number of hydrogen-bond donors (Lipinski definition) is 3. The lowest BCUT2D eigenvalue weighted by atomic mass is 10.3. The third-order valence-electron chi connectivity index (χ3n) is 2.01. The van der Waals surface area contributed by atoms with Gasteiger partial charge < -0.3 is 10.7 Å². The third-order valence-corrected chi connectivity index (χ3v) is 2.01. The summed E-state index contributed by atoms with van der Waals surface area (Å²) in [5.74, 6) is 0. The Bertz CT molecular complexity index is 569. The lowest BCUT2D eigenvalue weighted by Gasteiger charge is -2.07. The third kappa shape index (κ3) is 1.95. The molecule has 0 spiro atoms. The molecule has 0 aliphatic rings. The van der Waals surface area contributed by atoms with Gasteiger partial charge in [-0.2, -0.15) is 4.68 Å². The molecule has 4 N–H and O–H groups in total. The van der Waals surface area contributed by atoms with Gasteiger partial charge >= 0.3 is 5.69 Å². The van der Waals surface area contributed by atoms with Gasteiger partial charge in [0.05, 0.1) is 5.69 Å². The Morgan fingerprint density at radius 1 is 1.12 bits per heavy atom. The Balaban J connectivity index is 2.38. The molecular weight excluding hydrogens is 208 g/mol. The van der Waals surface area contributed by atoms with Gasteiger partial charge in [-0.1, -0.05) is 0 Å². The predicted octanol–water partition coefficient (Wildman–Crippen LogP) is -0.00600. The van der Waals surface area contributed by atoms with Gasteiger partial charge in [0.1, 0.15) is 0 Å².